The summed E-state index contributed by atoms with van der Waals surface area (Å²) < 4.78 is 47.5. The van der Waals surface area contributed by atoms with Crippen LogP contribution in [0.3, 0.4) is 0 Å². The number of carbonyl (C=O) groups is 1. The number of hydrogen-bond acceptors (Lipinski definition) is 8. The van der Waals surface area contributed by atoms with Gasteiger partial charge in [0.1, 0.15) is 5.75 Å². The second kappa shape index (κ2) is 10.2. The fourth-order valence-electron chi connectivity index (χ4n) is 3.91. The monoisotopic (exact) mass is 491 g/mol. The number of tetrazole rings is 1. The summed E-state index contributed by atoms with van der Waals surface area (Å²) in [7, 11) is 0. The highest BCUT2D eigenvalue weighted by molar-refractivity contribution is 5.92. The van der Waals surface area contributed by atoms with Crippen LogP contribution in [0, 0.1) is 19.8 Å². The van der Waals surface area contributed by atoms with E-state index in [2.05, 4.69) is 30.3 Å². The molecule has 0 saturated carbocycles. The topological polar surface area (TPSA) is 112 Å². The Kier molecular flexibility index (Phi) is 7.12. The lowest BCUT2D eigenvalue weighted by molar-refractivity contribution is -0.274. The summed E-state index contributed by atoms with van der Waals surface area (Å²) in [5.74, 6) is 1.38. The molecule has 4 rings (SSSR count). The largest absolute Gasteiger partial charge is 0.573 e. The van der Waals surface area contributed by atoms with Crippen LogP contribution < -0.4 is 4.74 Å². The number of piperidine rings is 1. The van der Waals surface area contributed by atoms with Crippen molar-refractivity contribution in [3.63, 3.8) is 0 Å². The van der Waals surface area contributed by atoms with Gasteiger partial charge in [-0.3, -0.25) is 4.79 Å². The number of amides is 1. The zero-order valence-electron chi connectivity index (χ0n) is 19.2. The van der Waals surface area contributed by atoms with Gasteiger partial charge in [-0.25, -0.2) is 0 Å². The molecular weight excluding hydrogens is 467 g/mol. The lowest BCUT2D eigenvalue weighted by Gasteiger charge is -2.30. The number of halogens is 3. The molecule has 1 saturated heterocycles. The number of aryl methyl sites for hydroxylation is 2. The first-order chi connectivity index (χ1) is 16.6. The van der Waals surface area contributed by atoms with Crippen LogP contribution in [0.2, 0.25) is 0 Å². The molecule has 3 heterocycles. The Bertz CT molecular complexity index is 1200. The number of aromatic nitrogens is 6. The van der Waals surface area contributed by atoms with Crippen molar-refractivity contribution in [3.05, 3.63) is 53.0 Å². The molecule has 1 fully saturated rings. The van der Waals surface area contributed by atoms with Gasteiger partial charge in [-0.2, -0.15) is 4.80 Å². The minimum Gasteiger partial charge on any atom is -0.426 e. The normalized spacial score (nSPS) is 15.2. The summed E-state index contributed by atoms with van der Waals surface area (Å²) in [6.07, 6.45) is 0.489. The third-order valence-electron chi connectivity index (χ3n) is 5.58. The van der Waals surface area contributed by atoms with Crippen LogP contribution >= 0.6 is 0 Å². The Morgan fingerprint density at radius 3 is 2.60 bits per heavy atom. The highest BCUT2D eigenvalue weighted by Gasteiger charge is 2.31. The van der Waals surface area contributed by atoms with Gasteiger partial charge in [0.2, 0.25) is 17.7 Å². The molecule has 2 aromatic heterocycles. The van der Waals surface area contributed by atoms with E-state index < -0.39 is 6.36 Å². The van der Waals surface area contributed by atoms with Crippen molar-refractivity contribution in [2.75, 3.05) is 13.1 Å². The standard InChI is InChI=1S/C22H24F3N7O3/c1-14-26-30-32(29-14)13-18-12-19(35-22(23,24)25)5-3-17(18)4-6-21(33)31-9-7-16(8-10-31)11-20-28-27-15(2)34-20/h3-6,12,16H,7-11,13H2,1-2H3/b6-4+. The summed E-state index contributed by atoms with van der Waals surface area (Å²) in [6.45, 7) is 4.64. The molecule has 0 spiro atoms. The van der Waals surface area contributed by atoms with Crippen LogP contribution in [-0.2, 0) is 17.8 Å². The number of likely N-dealkylation sites (tertiary alicyclic amines) is 1. The summed E-state index contributed by atoms with van der Waals surface area (Å²) >= 11 is 0. The van der Waals surface area contributed by atoms with E-state index in [1.165, 1.54) is 29.1 Å². The number of carbonyl (C=O) groups excluding carboxylic acids is 1. The molecule has 0 radical (unpaired) electrons. The number of hydrogen-bond donors (Lipinski definition) is 0. The molecule has 10 nitrogen and oxygen atoms in total. The van der Waals surface area contributed by atoms with Crippen molar-refractivity contribution in [2.24, 2.45) is 5.92 Å². The van der Waals surface area contributed by atoms with Crippen LogP contribution in [0.15, 0.2) is 28.7 Å². The molecule has 13 heteroatoms. The molecule has 0 unspecified atom stereocenters. The highest BCUT2D eigenvalue weighted by atomic mass is 19.4. The number of rotatable bonds is 7. The van der Waals surface area contributed by atoms with Crippen LogP contribution in [0.5, 0.6) is 5.75 Å². The van der Waals surface area contributed by atoms with Crippen molar-refractivity contribution in [3.8, 4) is 5.75 Å². The van der Waals surface area contributed by atoms with Gasteiger partial charge in [-0.05, 0) is 60.2 Å². The Morgan fingerprint density at radius 1 is 1.20 bits per heavy atom. The number of alkyl halides is 3. The average Bonchev–Trinajstić information content (AvgIpc) is 3.39. The van der Waals surface area contributed by atoms with Gasteiger partial charge < -0.3 is 14.1 Å². The van der Waals surface area contributed by atoms with E-state index in [0.717, 1.165) is 12.8 Å². The molecule has 3 aromatic rings. The first-order valence-corrected chi connectivity index (χ1v) is 11.0. The maximum absolute atomic E-state index is 12.8. The fraction of sp³-hybridized carbons (Fsp3) is 0.455. The van der Waals surface area contributed by atoms with Crippen LogP contribution in [0.4, 0.5) is 13.2 Å². The van der Waals surface area contributed by atoms with Crippen molar-refractivity contribution >= 4 is 12.0 Å². The predicted octanol–water partition coefficient (Wildman–Crippen LogP) is 3.11. The number of nitrogens with zero attached hydrogens (tertiary/aromatic N) is 7. The zero-order valence-corrected chi connectivity index (χ0v) is 19.2. The van der Waals surface area contributed by atoms with Gasteiger partial charge in [0.25, 0.3) is 0 Å². The van der Waals surface area contributed by atoms with Crippen molar-refractivity contribution < 1.29 is 27.1 Å². The molecule has 0 atom stereocenters. The minimum absolute atomic E-state index is 0.0598. The summed E-state index contributed by atoms with van der Waals surface area (Å²) in [5, 5.41) is 19.6. The molecule has 1 amide bonds. The van der Waals surface area contributed by atoms with Crippen LogP contribution in [-0.4, -0.2) is 60.7 Å². The Hall–Kier alpha value is -3.77. The second-order valence-electron chi connectivity index (χ2n) is 8.30. The van der Waals surface area contributed by atoms with Gasteiger partial charge in [-0.15, -0.1) is 33.6 Å². The SMILES string of the molecule is Cc1nnn(Cc2cc(OC(F)(F)F)ccc2/C=C/C(=O)N2CCC(Cc3nnc(C)o3)CC2)n1. The molecule has 1 aliphatic heterocycles. The molecule has 0 N–H and O–H groups in total. The lowest BCUT2D eigenvalue weighted by atomic mass is 9.93. The quantitative estimate of drug-likeness (QED) is 0.464. The van der Waals surface area contributed by atoms with Gasteiger partial charge in [0.15, 0.2) is 5.82 Å². The first kappa shape index (κ1) is 24.4. The predicted molar refractivity (Wildman–Crippen MR) is 116 cm³/mol. The third-order valence-corrected chi connectivity index (χ3v) is 5.58. The summed E-state index contributed by atoms with van der Waals surface area (Å²) in [6, 6.07) is 3.91. The van der Waals surface area contributed by atoms with Gasteiger partial charge >= 0.3 is 6.36 Å². The van der Waals surface area contributed by atoms with Crippen LogP contribution in [0.1, 0.15) is 41.6 Å². The second-order valence-corrected chi connectivity index (χ2v) is 8.30. The summed E-state index contributed by atoms with van der Waals surface area (Å²) in [5.41, 5.74) is 0.992. The molecule has 1 aromatic carbocycles. The minimum atomic E-state index is -4.82. The van der Waals surface area contributed by atoms with Crippen molar-refractivity contribution in [2.45, 2.75) is 46.0 Å². The van der Waals surface area contributed by atoms with E-state index in [1.54, 1.807) is 24.8 Å². The summed E-state index contributed by atoms with van der Waals surface area (Å²) in [4.78, 5) is 15.8. The molecule has 186 valence electrons. The van der Waals surface area contributed by atoms with Gasteiger partial charge in [-0.1, -0.05) is 6.07 Å². The Labute approximate surface area is 198 Å². The van der Waals surface area contributed by atoms with Crippen molar-refractivity contribution in [1.82, 2.24) is 35.3 Å². The van der Waals surface area contributed by atoms with E-state index in [1.807, 2.05) is 0 Å². The van der Waals surface area contributed by atoms with E-state index in [0.29, 0.717) is 54.2 Å². The zero-order chi connectivity index (χ0) is 25.0. The maximum atomic E-state index is 12.8. The fourth-order valence-corrected chi connectivity index (χ4v) is 3.91. The van der Waals surface area contributed by atoms with Crippen molar-refractivity contribution in [1.29, 1.82) is 0 Å². The van der Waals surface area contributed by atoms with Gasteiger partial charge in [0, 0.05) is 32.5 Å². The van der Waals surface area contributed by atoms with E-state index >= 15 is 0 Å². The Morgan fingerprint density at radius 2 is 1.97 bits per heavy atom. The molecular formula is C22H24F3N7O3. The highest BCUT2D eigenvalue weighted by Crippen LogP contribution is 2.26. The van der Waals surface area contributed by atoms with E-state index in [9.17, 15) is 18.0 Å². The van der Waals surface area contributed by atoms with Gasteiger partial charge in [0.05, 0.1) is 6.54 Å². The smallest absolute Gasteiger partial charge is 0.426 e. The number of ether oxygens (including phenoxy) is 1. The Balaban J connectivity index is 1.41. The molecule has 0 bridgehead atoms. The molecule has 0 aliphatic carbocycles. The average molecular weight is 491 g/mol. The third kappa shape index (κ3) is 6.87. The number of benzene rings is 1. The maximum Gasteiger partial charge on any atom is 0.573 e. The van der Waals surface area contributed by atoms with Crippen LogP contribution in [0.25, 0.3) is 6.08 Å². The molecule has 35 heavy (non-hydrogen) atoms. The molecule has 1 aliphatic rings. The lowest BCUT2D eigenvalue weighted by Crippen LogP contribution is -2.38. The van der Waals surface area contributed by atoms with E-state index in [-0.39, 0.29) is 18.2 Å². The van der Waals surface area contributed by atoms with E-state index in [4.69, 9.17) is 4.42 Å². The first-order valence-electron chi connectivity index (χ1n) is 11.0.